The molecule has 1 aliphatic heterocycles. The van der Waals surface area contributed by atoms with Gasteiger partial charge in [0.05, 0.1) is 7.11 Å². The van der Waals surface area contributed by atoms with E-state index < -0.39 is 0 Å². The molecule has 42 heavy (non-hydrogen) atoms. The Labute approximate surface area is 251 Å². The van der Waals surface area contributed by atoms with Crippen LogP contribution in [0.2, 0.25) is 0 Å². The number of benzene rings is 2. The zero-order valence-corrected chi connectivity index (χ0v) is 25.9. The van der Waals surface area contributed by atoms with Crippen LogP contribution in [0.25, 0.3) is 0 Å². The summed E-state index contributed by atoms with van der Waals surface area (Å²) in [6.07, 6.45) is 9.24. The van der Waals surface area contributed by atoms with Crippen LogP contribution in [0.3, 0.4) is 0 Å². The van der Waals surface area contributed by atoms with E-state index in [-0.39, 0.29) is 11.8 Å². The molecule has 1 aliphatic rings. The number of ether oxygens (including phenoxy) is 1. The first-order valence-electron chi connectivity index (χ1n) is 15.2. The third-order valence-electron chi connectivity index (χ3n) is 8.14. The van der Waals surface area contributed by atoms with Crippen LogP contribution in [0.15, 0.2) is 54.9 Å². The Morgan fingerprint density at radius 1 is 1.02 bits per heavy atom. The van der Waals surface area contributed by atoms with Gasteiger partial charge in [-0.05, 0) is 96.4 Å². The highest BCUT2D eigenvalue weighted by Gasteiger charge is 2.21. The fraction of sp³-hybridized carbons (Fsp3) is 0.457. The van der Waals surface area contributed by atoms with Gasteiger partial charge in [0.25, 0.3) is 5.91 Å². The van der Waals surface area contributed by atoms with Gasteiger partial charge in [-0.3, -0.25) is 19.5 Å². The number of aryl methyl sites for hydroxylation is 1. The number of fused-ring (bicyclic) bond motifs is 1. The van der Waals surface area contributed by atoms with Gasteiger partial charge in [0, 0.05) is 56.7 Å². The van der Waals surface area contributed by atoms with E-state index in [1.165, 1.54) is 12.8 Å². The van der Waals surface area contributed by atoms with Crippen LogP contribution in [-0.2, 0) is 24.4 Å². The van der Waals surface area contributed by atoms with Gasteiger partial charge in [-0.2, -0.15) is 0 Å². The average molecular weight is 571 g/mol. The molecule has 7 heteroatoms. The number of aromatic nitrogens is 1. The number of carbonyl (C=O) groups is 2. The maximum Gasteiger partial charge on any atom is 0.251 e. The van der Waals surface area contributed by atoms with Gasteiger partial charge in [0.1, 0.15) is 5.75 Å². The molecule has 0 atom stereocenters. The molecule has 1 N–H and O–H groups in total. The first-order valence-corrected chi connectivity index (χ1v) is 15.2. The van der Waals surface area contributed by atoms with Crippen molar-refractivity contribution in [3.63, 3.8) is 0 Å². The molecule has 7 nitrogen and oxygen atoms in total. The van der Waals surface area contributed by atoms with Crippen molar-refractivity contribution in [3.8, 4) is 5.75 Å². The maximum atomic E-state index is 13.5. The van der Waals surface area contributed by atoms with Gasteiger partial charge in [0.15, 0.2) is 0 Å². The molecule has 224 valence electrons. The lowest BCUT2D eigenvalue weighted by atomic mass is 9.96. The molecule has 0 radical (unpaired) electrons. The average Bonchev–Trinajstić information content (AvgIpc) is 2.97. The summed E-state index contributed by atoms with van der Waals surface area (Å²) in [6, 6.07) is 14.0. The number of hydrogen-bond acceptors (Lipinski definition) is 5. The number of anilines is 1. The molecule has 2 aromatic carbocycles. The lowest BCUT2D eigenvalue weighted by molar-refractivity contribution is -0.116. The molecule has 0 bridgehead atoms. The minimum Gasteiger partial charge on any atom is -0.496 e. The van der Waals surface area contributed by atoms with Gasteiger partial charge in [-0.15, -0.1) is 0 Å². The lowest BCUT2D eigenvalue weighted by Crippen LogP contribution is -2.33. The molecule has 1 aromatic heterocycles. The summed E-state index contributed by atoms with van der Waals surface area (Å²) in [5.74, 6) is 1.09. The molecule has 2 amide bonds. The second-order valence-electron chi connectivity index (χ2n) is 11.7. The standard InChI is InChI=1S/C35H46N4O3/c1-25(2)32-20-30(26(3)18-34(32)42-5)22-37-35(41)29-13-14-33-31(19-29)24-38(23-28-12-11-15-36-21-28)16-9-7-6-8-10-17-39(33)27(4)40/h11-15,18-21,25H,6-10,16-17,22-24H2,1-5H3,(H,37,41). The van der Waals surface area contributed by atoms with Gasteiger partial charge >= 0.3 is 0 Å². The zero-order chi connectivity index (χ0) is 30.1. The number of hydrogen-bond donors (Lipinski definition) is 1. The van der Waals surface area contributed by atoms with Crippen LogP contribution in [0, 0.1) is 6.92 Å². The molecule has 2 heterocycles. The molecular formula is C35H46N4O3. The Balaban J connectivity index is 1.62. The summed E-state index contributed by atoms with van der Waals surface area (Å²) in [5, 5.41) is 3.14. The molecule has 0 aliphatic carbocycles. The highest BCUT2D eigenvalue weighted by Crippen LogP contribution is 2.30. The maximum absolute atomic E-state index is 13.5. The number of nitrogens with one attached hydrogen (secondary N) is 1. The Morgan fingerprint density at radius 2 is 1.79 bits per heavy atom. The molecule has 3 aromatic rings. The number of amides is 2. The fourth-order valence-electron chi connectivity index (χ4n) is 5.75. The minimum atomic E-state index is -0.126. The quantitative estimate of drug-likeness (QED) is 0.339. The number of rotatable bonds is 7. The van der Waals surface area contributed by atoms with E-state index in [1.807, 2.05) is 48.4 Å². The van der Waals surface area contributed by atoms with Crippen LogP contribution in [-0.4, -0.2) is 41.9 Å². The van der Waals surface area contributed by atoms with E-state index in [4.69, 9.17) is 4.74 Å². The summed E-state index contributed by atoms with van der Waals surface area (Å²) >= 11 is 0. The van der Waals surface area contributed by atoms with E-state index in [0.717, 1.165) is 71.6 Å². The van der Waals surface area contributed by atoms with Crippen molar-refractivity contribution in [3.05, 3.63) is 88.2 Å². The first kappa shape index (κ1) is 31.2. The number of methoxy groups -OCH3 is 1. The second kappa shape index (κ2) is 15.0. The van der Waals surface area contributed by atoms with Crippen molar-refractivity contribution in [2.24, 2.45) is 0 Å². The summed E-state index contributed by atoms with van der Waals surface area (Å²) in [4.78, 5) is 34.9. The highest BCUT2D eigenvalue weighted by molar-refractivity contribution is 5.97. The minimum absolute atomic E-state index is 0.0280. The van der Waals surface area contributed by atoms with Crippen molar-refractivity contribution >= 4 is 17.5 Å². The van der Waals surface area contributed by atoms with E-state index in [2.05, 4.69) is 41.2 Å². The van der Waals surface area contributed by atoms with E-state index in [0.29, 0.717) is 31.1 Å². The number of pyridine rings is 1. The van der Waals surface area contributed by atoms with Crippen molar-refractivity contribution < 1.29 is 14.3 Å². The lowest BCUT2D eigenvalue weighted by Gasteiger charge is -2.29. The van der Waals surface area contributed by atoms with Crippen molar-refractivity contribution in [1.29, 1.82) is 0 Å². The van der Waals surface area contributed by atoms with Crippen molar-refractivity contribution in [2.45, 2.75) is 85.4 Å². The largest absolute Gasteiger partial charge is 0.496 e. The van der Waals surface area contributed by atoms with E-state index in [9.17, 15) is 9.59 Å². The number of nitrogens with zero attached hydrogens (tertiary/aromatic N) is 3. The molecule has 0 fully saturated rings. The smallest absolute Gasteiger partial charge is 0.251 e. The molecule has 0 saturated carbocycles. The van der Waals surface area contributed by atoms with Crippen molar-refractivity contribution in [1.82, 2.24) is 15.2 Å². The Morgan fingerprint density at radius 3 is 2.48 bits per heavy atom. The first-order chi connectivity index (χ1) is 20.3. The predicted octanol–water partition coefficient (Wildman–Crippen LogP) is 6.77. The van der Waals surface area contributed by atoms with Gasteiger partial charge in [-0.25, -0.2) is 0 Å². The molecule has 0 spiro atoms. The third kappa shape index (κ3) is 8.19. The summed E-state index contributed by atoms with van der Waals surface area (Å²) in [6.45, 7) is 11.4. The van der Waals surface area contributed by atoms with Crippen LogP contribution in [0.1, 0.15) is 97.0 Å². The fourth-order valence-corrected chi connectivity index (χ4v) is 5.75. The van der Waals surface area contributed by atoms with Crippen LogP contribution < -0.4 is 15.0 Å². The highest BCUT2D eigenvalue weighted by atomic mass is 16.5. The SMILES string of the molecule is COc1cc(C)c(CNC(=O)c2ccc3c(c2)CN(Cc2cccnc2)CCCCCCCN3C(C)=O)cc1C(C)C. The molecule has 4 rings (SSSR count). The monoisotopic (exact) mass is 570 g/mol. The Kier molecular flexibility index (Phi) is 11.1. The summed E-state index contributed by atoms with van der Waals surface area (Å²) < 4.78 is 5.59. The Hall–Kier alpha value is -3.71. The normalized spacial score (nSPS) is 15.0. The third-order valence-corrected chi connectivity index (χ3v) is 8.14. The van der Waals surface area contributed by atoms with Gasteiger partial charge in [-0.1, -0.05) is 39.2 Å². The van der Waals surface area contributed by atoms with E-state index in [1.54, 1.807) is 20.2 Å². The van der Waals surface area contributed by atoms with Crippen LogP contribution >= 0.6 is 0 Å². The summed E-state index contributed by atoms with van der Waals surface area (Å²) in [5.41, 5.74) is 6.92. The van der Waals surface area contributed by atoms with Crippen LogP contribution in [0.5, 0.6) is 5.75 Å². The van der Waals surface area contributed by atoms with Crippen molar-refractivity contribution in [2.75, 3.05) is 25.1 Å². The molecule has 0 unspecified atom stereocenters. The van der Waals surface area contributed by atoms with E-state index >= 15 is 0 Å². The van der Waals surface area contributed by atoms with Crippen LogP contribution in [0.4, 0.5) is 5.69 Å². The van der Waals surface area contributed by atoms with Gasteiger partial charge < -0.3 is 15.0 Å². The molecular weight excluding hydrogens is 524 g/mol. The Bertz CT molecular complexity index is 1360. The zero-order valence-electron chi connectivity index (χ0n) is 25.9. The van der Waals surface area contributed by atoms with Gasteiger partial charge in [0.2, 0.25) is 5.91 Å². The summed E-state index contributed by atoms with van der Waals surface area (Å²) in [7, 11) is 1.69. The molecule has 0 saturated heterocycles. The topological polar surface area (TPSA) is 74.8 Å². The second-order valence-corrected chi connectivity index (χ2v) is 11.7. The predicted molar refractivity (Wildman–Crippen MR) is 169 cm³/mol. The number of carbonyl (C=O) groups excluding carboxylic acids is 2.